The number of hydrogen-bond donors (Lipinski definition) is 2. The number of nitrogens with zero attached hydrogens (tertiary/aromatic N) is 2. The van der Waals surface area contributed by atoms with Gasteiger partial charge in [0.2, 0.25) is 5.91 Å². The zero-order valence-corrected chi connectivity index (χ0v) is 14.3. The van der Waals surface area contributed by atoms with E-state index in [1.807, 2.05) is 0 Å². The Balaban J connectivity index is 2.09. The summed E-state index contributed by atoms with van der Waals surface area (Å²) in [4.78, 5) is 31.5. The molecule has 0 aliphatic carbocycles. The number of nitrogens with one attached hydrogen (secondary N) is 1. The van der Waals surface area contributed by atoms with Crippen LogP contribution in [0, 0.1) is 0 Å². The van der Waals surface area contributed by atoms with Crippen molar-refractivity contribution in [3.05, 3.63) is 58.1 Å². The number of halogens is 2. The van der Waals surface area contributed by atoms with E-state index in [9.17, 15) is 14.7 Å². The van der Waals surface area contributed by atoms with Crippen molar-refractivity contribution in [3.63, 3.8) is 0 Å². The Bertz CT molecular complexity index is 760. The van der Waals surface area contributed by atoms with E-state index in [1.165, 1.54) is 25.6 Å². The lowest BCUT2D eigenvalue weighted by Gasteiger charge is -2.23. The molecule has 0 saturated heterocycles. The molecule has 1 amide bonds. The van der Waals surface area contributed by atoms with Crippen molar-refractivity contribution in [1.82, 2.24) is 14.9 Å². The number of rotatable bonds is 6. The van der Waals surface area contributed by atoms with Gasteiger partial charge in [0.15, 0.2) is 0 Å². The Morgan fingerprint density at radius 2 is 2.12 bits per heavy atom. The summed E-state index contributed by atoms with van der Waals surface area (Å²) in [7, 11) is 1.44. The fraction of sp³-hybridized carbons (Fsp3) is 0.188. The molecule has 0 aliphatic heterocycles. The van der Waals surface area contributed by atoms with Gasteiger partial charge in [0, 0.05) is 31.4 Å². The number of carbonyl (C=O) groups is 2. The van der Waals surface area contributed by atoms with E-state index >= 15 is 0 Å². The Hall–Kier alpha value is -2.31. The number of imidazole rings is 1. The van der Waals surface area contributed by atoms with E-state index in [0.29, 0.717) is 21.3 Å². The monoisotopic (exact) mass is 367 g/mol. The van der Waals surface area contributed by atoms with Crippen molar-refractivity contribution in [1.29, 1.82) is 0 Å². The van der Waals surface area contributed by atoms with E-state index in [4.69, 9.17) is 23.2 Å². The van der Waals surface area contributed by atoms with Crippen molar-refractivity contribution in [2.45, 2.75) is 12.5 Å². The van der Waals surface area contributed by atoms with Crippen molar-refractivity contribution in [3.8, 4) is 0 Å². The number of H-pyrrole nitrogens is 1. The van der Waals surface area contributed by atoms with Gasteiger partial charge in [0.05, 0.1) is 16.4 Å². The van der Waals surface area contributed by atoms with Crippen molar-refractivity contribution in [2.24, 2.45) is 0 Å². The van der Waals surface area contributed by atoms with Gasteiger partial charge in [-0.2, -0.15) is 0 Å². The number of amides is 1. The molecule has 6 nitrogen and oxygen atoms in total. The first kappa shape index (κ1) is 18.0. The first-order valence-electron chi connectivity index (χ1n) is 6.98. The van der Waals surface area contributed by atoms with Crippen molar-refractivity contribution >= 4 is 41.2 Å². The van der Waals surface area contributed by atoms with Crippen LogP contribution < -0.4 is 0 Å². The molecular formula is C16H15Cl2N3O3. The average Bonchev–Trinajstić information content (AvgIpc) is 3.05. The van der Waals surface area contributed by atoms with Crippen molar-refractivity contribution in [2.75, 3.05) is 7.05 Å². The van der Waals surface area contributed by atoms with E-state index in [-0.39, 0.29) is 6.42 Å². The topological polar surface area (TPSA) is 86.3 Å². The highest BCUT2D eigenvalue weighted by molar-refractivity contribution is 6.42. The van der Waals surface area contributed by atoms with Gasteiger partial charge in [-0.3, -0.25) is 4.79 Å². The van der Waals surface area contributed by atoms with Gasteiger partial charge in [-0.25, -0.2) is 9.78 Å². The summed E-state index contributed by atoms with van der Waals surface area (Å²) in [6.07, 6.45) is 5.97. The summed E-state index contributed by atoms with van der Waals surface area (Å²) in [5.41, 5.74) is 1.32. The van der Waals surface area contributed by atoms with E-state index < -0.39 is 17.9 Å². The molecule has 0 unspecified atom stereocenters. The zero-order chi connectivity index (χ0) is 17.7. The highest BCUT2D eigenvalue weighted by atomic mass is 35.5. The molecular weight excluding hydrogens is 353 g/mol. The highest BCUT2D eigenvalue weighted by Gasteiger charge is 2.26. The second-order valence-corrected chi connectivity index (χ2v) is 5.91. The molecule has 0 spiro atoms. The maximum absolute atomic E-state index is 12.2. The van der Waals surface area contributed by atoms with Crippen molar-refractivity contribution < 1.29 is 14.7 Å². The third-order valence-electron chi connectivity index (χ3n) is 3.43. The molecule has 1 heterocycles. The number of carbonyl (C=O) groups excluding carboxylic acids is 1. The number of aromatic nitrogens is 2. The Labute approximate surface area is 148 Å². The first-order chi connectivity index (χ1) is 11.4. The minimum Gasteiger partial charge on any atom is -0.480 e. The lowest BCUT2D eigenvalue weighted by Crippen LogP contribution is -2.43. The van der Waals surface area contributed by atoms with Crippen LogP contribution in [0.5, 0.6) is 0 Å². The second-order valence-electron chi connectivity index (χ2n) is 5.09. The summed E-state index contributed by atoms with van der Waals surface area (Å²) in [6.45, 7) is 0. The van der Waals surface area contributed by atoms with Crippen LogP contribution in [0.15, 0.2) is 36.8 Å². The Morgan fingerprint density at radius 3 is 2.71 bits per heavy atom. The third-order valence-corrected chi connectivity index (χ3v) is 4.17. The van der Waals surface area contributed by atoms with Crippen LogP contribution in [0.3, 0.4) is 0 Å². The fourth-order valence-corrected chi connectivity index (χ4v) is 2.36. The lowest BCUT2D eigenvalue weighted by molar-refractivity contribution is -0.147. The van der Waals surface area contributed by atoms with E-state index in [1.54, 1.807) is 24.3 Å². The number of carboxylic acids is 1. The average molecular weight is 368 g/mol. The molecule has 126 valence electrons. The van der Waals surface area contributed by atoms with Crippen LogP contribution in [0.1, 0.15) is 11.3 Å². The molecule has 0 fully saturated rings. The number of aliphatic carboxylic acids is 1. The largest absolute Gasteiger partial charge is 0.480 e. The SMILES string of the molecule is CN(C(=O)C=Cc1ccc(Cl)c(Cl)c1)[C@@H](Cc1cnc[nH]1)C(=O)O. The zero-order valence-electron chi connectivity index (χ0n) is 12.7. The molecule has 0 radical (unpaired) electrons. The number of likely N-dealkylation sites (N-methyl/N-ethyl adjacent to an activating group) is 1. The minimum atomic E-state index is -1.09. The van der Waals surface area contributed by atoms with Crippen LogP contribution in [-0.2, 0) is 16.0 Å². The van der Waals surface area contributed by atoms with Crippen LogP contribution >= 0.6 is 23.2 Å². The molecule has 2 aromatic rings. The van der Waals surface area contributed by atoms with Gasteiger partial charge in [-0.15, -0.1) is 0 Å². The normalized spacial score (nSPS) is 12.3. The maximum Gasteiger partial charge on any atom is 0.326 e. The lowest BCUT2D eigenvalue weighted by atomic mass is 10.1. The quantitative estimate of drug-likeness (QED) is 0.768. The van der Waals surface area contributed by atoms with E-state index in [2.05, 4.69) is 9.97 Å². The van der Waals surface area contributed by atoms with Gasteiger partial charge in [-0.1, -0.05) is 29.3 Å². The van der Waals surface area contributed by atoms with Gasteiger partial charge in [0.1, 0.15) is 6.04 Å². The molecule has 0 bridgehead atoms. The van der Waals surface area contributed by atoms with Crippen LogP contribution in [0.2, 0.25) is 10.0 Å². The maximum atomic E-state index is 12.2. The first-order valence-corrected chi connectivity index (χ1v) is 7.74. The number of hydrogen-bond acceptors (Lipinski definition) is 3. The third kappa shape index (κ3) is 4.59. The van der Waals surface area contributed by atoms with Gasteiger partial charge in [0.25, 0.3) is 0 Å². The Kier molecular flexibility index (Phi) is 6.00. The smallest absolute Gasteiger partial charge is 0.326 e. The summed E-state index contributed by atoms with van der Waals surface area (Å²) in [5, 5.41) is 10.2. The summed E-state index contributed by atoms with van der Waals surface area (Å²) in [6, 6.07) is 3.94. The molecule has 0 saturated carbocycles. The fourth-order valence-electron chi connectivity index (χ4n) is 2.05. The highest BCUT2D eigenvalue weighted by Crippen LogP contribution is 2.23. The summed E-state index contributed by atoms with van der Waals surface area (Å²) >= 11 is 11.7. The molecule has 1 atom stereocenters. The van der Waals surface area contributed by atoms with Crippen LogP contribution in [0.4, 0.5) is 0 Å². The second kappa shape index (κ2) is 7.99. The predicted octanol–water partition coefficient (Wildman–Crippen LogP) is 2.88. The minimum absolute atomic E-state index is 0.137. The summed E-state index contributed by atoms with van der Waals surface area (Å²) < 4.78 is 0. The molecule has 8 heteroatoms. The summed E-state index contributed by atoms with van der Waals surface area (Å²) in [5.74, 6) is -1.53. The molecule has 1 aromatic carbocycles. The van der Waals surface area contributed by atoms with Gasteiger partial charge >= 0.3 is 5.97 Å². The van der Waals surface area contributed by atoms with Gasteiger partial charge in [-0.05, 0) is 23.8 Å². The molecule has 2 N–H and O–H groups in total. The Morgan fingerprint density at radius 1 is 1.38 bits per heavy atom. The van der Waals surface area contributed by atoms with E-state index in [0.717, 1.165) is 4.90 Å². The predicted molar refractivity (Wildman–Crippen MR) is 92.0 cm³/mol. The number of carboxylic acid groups (broad SMARTS) is 1. The number of benzene rings is 1. The standard InChI is InChI=1S/C16H15Cl2N3O3/c1-21(14(16(23)24)7-11-8-19-9-20-11)15(22)5-3-10-2-4-12(17)13(18)6-10/h2-6,8-9,14H,7H2,1H3,(H,19,20)(H,23,24)/t14-/m0/s1. The van der Waals surface area contributed by atoms with Crippen LogP contribution in [0.25, 0.3) is 6.08 Å². The molecule has 1 aromatic heterocycles. The molecule has 0 aliphatic rings. The molecule has 2 rings (SSSR count). The molecule has 24 heavy (non-hydrogen) atoms. The number of aromatic amines is 1. The van der Waals surface area contributed by atoms with Crippen LogP contribution in [-0.4, -0.2) is 44.9 Å². The van der Waals surface area contributed by atoms with Gasteiger partial charge < -0.3 is 15.0 Å².